The third-order valence-electron chi connectivity index (χ3n) is 2.83. The minimum atomic E-state index is -0.384. The fraction of sp³-hybridized carbons (Fsp3) is 0.333. The molecule has 0 saturated heterocycles. The van der Waals surface area contributed by atoms with Crippen LogP contribution in [0.5, 0.6) is 5.75 Å². The Morgan fingerprint density at radius 1 is 1.35 bits per heavy atom. The second-order valence-corrected chi connectivity index (χ2v) is 5.32. The molecular formula is C15H17BrFNO2. The molecule has 1 heterocycles. The number of hydrogen-bond acceptors (Lipinski definition) is 3. The van der Waals surface area contributed by atoms with Crippen LogP contribution in [0.25, 0.3) is 0 Å². The van der Waals surface area contributed by atoms with Gasteiger partial charge in [-0.3, -0.25) is 0 Å². The van der Waals surface area contributed by atoms with Crippen molar-refractivity contribution in [3.8, 4) is 5.75 Å². The largest absolute Gasteiger partial charge is 0.483 e. The van der Waals surface area contributed by atoms with Crippen LogP contribution < -0.4 is 10.1 Å². The van der Waals surface area contributed by atoms with E-state index in [0.717, 1.165) is 29.5 Å². The molecule has 0 unspecified atom stereocenters. The maximum Gasteiger partial charge on any atom is 0.165 e. The van der Waals surface area contributed by atoms with Gasteiger partial charge in [0.15, 0.2) is 11.6 Å². The number of rotatable bonds is 7. The van der Waals surface area contributed by atoms with E-state index in [9.17, 15) is 4.39 Å². The molecule has 0 saturated carbocycles. The second-order valence-electron chi connectivity index (χ2n) is 4.41. The van der Waals surface area contributed by atoms with E-state index in [0.29, 0.717) is 5.76 Å². The monoisotopic (exact) mass is 341 g/mol. The first kappa shape index (κ1) is 15.1. The van der Waals surface area contributed by atoms with E-state index < -0.39 is 0 Å². The fourth-order valence-corrected chi connectivity index (χ4v) is 2.12. The van der Waals surface area contributed by atoms with Crippen LogP contribution in [0.3, 0.4) is 0 Å². The Labute approximate surface area is 126 Å². The molecule has 0 bridgehead atoms. The predicted molar refractivity (Wildman–Crippen MR) is 79.1 cm³/mol. The van der Waals surface area contributed by atoms with Gasteiger partial charge in [0, 0.05) is 16.6 Å². The average Bonchev–Trinajstić information content (AvgIpc) is 2.88. The lowest BCUT2D eigenvalue weighted by molar-refractivity contribution is 0.256. The van der Waals surface area contributed by atoms with Gasteiger partial charge in [0.1, 0.15) is 12.4 Å². The molecule has 0 aliphatic carbocycles. The molecule has 0 aliphatic heterocycles. The zero-order valence-corrected chi connectivity index (χ0v) is 12.9. The Kier molecular flexibility index (Phi) is 5.61. The van der Waals surface area contributed by atoms with Crippen LogP contribution in [0.15, 0.2) is 39.4 Å². The minimum absolute atomic E-state index is 0.211. The highest BCUT2D eigenvalue weighted by Gasteiger charge is 2.09. The summed E-state index contributed by atoms with van der Waals surface area (Å²) in [5.41, 5.74) is 1.04. The molecule has 2 aromatic rings. The third-order valence-corrected chi connectivity index (χ3v) is 3.33. The summed E-state index contributed by atoms with van der Waals surface area (Å²) in [6.45, 7) is 4.00. The highest BCUT2D eigenvalue weighted by Crippen LogP contribution is 2.23. The van der Waals surface area contributed by atoms with Crippen LogP contribution in [-0.2, 0) is 13.2 Å². The topological polar surface area (TPSA) is 34.4 Å². The minimum Gasteiger partial charge on any atom is -0.483 e. The maximum atomic E-state index is 13.6. The summed E-state index contributed by atoms with van der Waals surface area (Å²) in [5.74, 6) is 0.543. The molecule has 0 spiro atoms. The Balaban J connectivity index is 1.97. The fourth-order valence-electron chi connectivity index (χ4n) is 1.78. The molecule has 0 atom stereocenters. The number of benzene rings is 1. The van der Waals surface area contributed by atoms with Crippen LogP contribution in [0.2, 0.25) is 0 Å². The van der Waals surface area contributed by atoms with E-state index in [-0.39, 0.29) is 18.2 Å². The Morgan fingerprint density at radius 2 is 2.20 bits per heavy atom. The first-order valence-electron chi connectivity index (χ1n) is 6.54. The molecule has 2 rings (SSSR count). The van der Waals surface area contributed by atoms with E-state index >= 15 is 0 Å². The van der Waals surface area contributed by atoms with E-state index in [2.05, 4.69) is 28.2 Å². The molecule has 1 aromatic heterocycles. The van der Waals surface area contributed by atoms with Gasteiger partial charge < -0.3 is 14.5 Å². The zero-order chi connectivity index (χ0) is 14.4. The van der Waals surface area contributed by atoms with E-state index in [1.54, 1.807) is 18.4 Å². The van der Waals surface area contributed by atoms with Gasteiger partial charge in [-0.05, 0) is 37.2 Å². The number of hydrogen-bond donors (Lipinski definition) is 1. The van der Waals surface area contributed by atoms with Crippen molar-refractivity contribution >= 4 is 15.9 Å². The van der Waals surface area contributed by atoms with Crippen molar-refractivity contribution in [2.45, 2.75) is 26.5 Å². The van der Waals surface area contributed by atoms with Gasteiger partial charge in [-0.15, -0.1) is 0 Å². The number of furan rings is 1. The van der Waals surface area contributed by atoms with E-state index in [1.807, 2.05) is 6.07 Å². The lowest BCUT2D eigenvalue weighted by Gasteiger charge is -2.08. The number of halogens is 2. The van der Waals surface area contributed by atoms with Gasteiger partial charge in [0.2, 0.25) is 0 Å². The summed E-state index contributed by atoms with van der Waals surface area (Å²) < 4.78 is 25.2. The van der Waals surface area contributed by atoms with Gasteiger partial charge in [-0.25, -0.2) is 4.39 Å². The molecule has 0 radical (unpaired) electrons. The third kappa shape index (κ3) is 4.08. The lowest BCUT2D eigenvalue weighted by atomic mass is 10.2. The van der Waals surface area contributed by atoms with Crippen molar-refractivity contribution in [2.75, 3.05) is 6.54 Å². The summed E-state index contributed by atoms with van der Waals surface area (Å²) >= 11 is 3.29. The number of nitrogens with one attached hydrogen (secondary N) is 1. The van der Waals surface area contributed by atoms with Crippen molar-refractivity contribution in [3.63, 3.8) is 0 Å². The van der Waals surface area contributed by atoms with Crippen LogP contribution in [0, 0.1) is 5.82 Å². The molecule has 108 valence electrons. The molecule has 1 aromatic carbocycles. The Morgan fingerprint density at radius 3 is 3.00 bits per heavy atom. The molecule has 5 heteroatoms. The van der Waals surface area contributed by atoms with Crippen molar-refractivity contribution in [1.82, 2.24) is 5.32 Å². The molecule has 3 nitrogen and oxygen atoms in total. The number of ether oxygens (including phenoxy) is 1. The second kappa shape index (κ2) is 7.45. The van der Waals surface area contributed by atoms with Gasteiger partial charge in [-0.1, -0.05) is 22.9 Å². The van der Waals surface area contributed by atoms with E-state index in [4.69, 9.17) is 9.15 Å². The van der Waals surface area contributed by atoms with Crippen LogP contribution in [-0.4, -0.2) is 6.54 Å². The molecule has 0 amide bonds. The molecule has 20 heavy (non-hydrogen) atoms. The summed E-state index contributed by atoms with van der Waals surface area (Å²) in [4.78, 5) is 0. The standard InChI is InChI=1S/C15H17BrFNO2/c1-2-6-18-9-11-5-7-19-15(11)10-20-14-8-12(16)3-4-13(14)17/h3-5,7-8,18H,2,6,9-10H2,1H3. The normalized spacial score (nSPS) is 10.8. The highest BCUT2D eigenvalue weighted by atomic mass is 79.9. The molecule has 0 aliphatic rings. The summed E-state index contributed by atoms with van der Waals surface area (Å²) in [5, 5.41) is 3.30. The first-order chi connectivity index (χ1) is 9.70. The summed E-state index contributed by atoms with van der Waals surface area (Å²) in [6.07, 6.45) is 2.70. The maximum absolute atomic E-state index is 13.6. The van der Waals surface area contributed by atoms with Crippen molar-refractivity contribution < 1.29 is 13.5 Å². The summed E-state index contributed by atoms with van der Waals surface area (Å²) in [7, 11) is 0. The van der Waals surface area contributed by atoms with Gasteiger partial charge in [0.05, 0.1) is 6.26 Å². The van der Waals surface area contributed by atoms with E-state index in [1.165, 1.54) is 6.07 Å². The van der Waals surface area contributed by atoms with Crippen molar-refractivity contribution in [1.29, 1.82) is 0 Å². The van der Waals surface area contributed by atoms with Gasteiger partial charge >= 0.3 is 0 Å². The van der Waals surface area contributed by atoms with Gasteiger partial charge in [0.25, 0.3) is 0 Å². The van der Waals surface area contributed by atoms with Crippen LogP contribution in [0.1, 0.15) is 24.7 Å². The summed E-state index contributed by atoms with van der Waals surface area (Å²) in [6, 6.07) is 6.51. The predicted octanol–water partition coefficient (Wildman–Crippen LogP) is 4.26. The average molecular weight is 342 g/mol. The SMILES string of the molecule is CCCNCc1ccoc1COc1cc(Br)ccc1F. The van der Waals surface area contributed by atoms with Crippen molar-refractivity contribution in [3.05, 3.63) is 52.1 Å². The van der Waals surface area contributed by atoms with Crippen LogP contribution in [0.4, 0.5) is 4.39 Å². The molecule has 1 N–H and O–H groups in total. The van der Waals surface area contributed by atoms with Crippen LogP contribution >= 0.6 is 15.9 Å². The lowest BCUT2D eigenvalue weighted by Crippen LogP contribution is -2.14. The highest BCUT2D eigenvalue weighted by molar-refractivity contribution is 9.10. The smallest absolute Gasteiger partial charge is 0.165 e. The zero-order valence-electron chi connectivity index (χ0n) is 11.3. The Hall–Kier alpha value is -1.33. The van der Waals surface area contributed by atoms with Crippen molar-refractivity contribution in [2.24, 2.45) is 0 Å². The first-order valence-corrected chi connectivity index (χ1v) is 7.33. The van der Waals surface area contributed by atoms with Gasteiger partial charge in [-0.2, -0.15) is 0 Å². The quantitative estimate of drug-likeness (QED) is 0.764. The Bertz CT molecular complexity index is 557. The molecule has 0 fully saturated rings. The molecular weight excluding hydrogens is 325 g/mol.